The third-order valence-electron chi connectivity index (χ3n) is 2.62. The van der Waals surface area contributed by atoms with Crippen LogP contribution in [0.15, 0.2) is 10.7 Å². The van der Waals surface area contributed by atoms with Crippen molar-refractivity contribution in [3.05, 3.63) is 26.4 Å². The topological polar surface area (TPSA) is 53.3 Å². The first-order chi connectivity index (χ1) is 9.51. The number of halogens is 3. The molecular weight excluding hydrogens is 371 g/mol. The number of methoxy groups -OCH3 is 1. The predicted molar refractivity (Wildman–Crippen MR) is 80.4 cm³/mol. The van der Waals surface area contributed by atoms with Crippen molar-refractivity contribution in [3.63, 3.8) is 0 Å². The summed E-state index contributed by atoms with van der Waals surface area (Å²) in [6.45, 7) is 2.21. The van der Waals surface area contributed by atoms with Gasteiger partial charge < -0.3 is 9.47 Å². The van der Waals surface area contributed by atoms with Gasteiger partial charge in [-0.2, -0.15) is 0 Å². The van der Waals surface area contributed by atoms with Gasteiger partial charge in [0.2, 0.25) is 0 Å². The maximum absolute atomic E-state index is 11.9. The van der Waals surface area contributed by atoms with Crippen LogP contribution in [0.25, 0.3) is 11.0 Å². The highest BCUT2D eigenvalue weighted by Crippen LogP contribution is 2.34. The van der Waals surface area contributed by atoms with Crippen molar-refractivity contribution >= 4 is 56.1 Å². The van der Waals surface area contributed by atoms with E-state index in [4.69, 9.17) is 32.7 Å². The smallest absolute Gasteiger partial charge is 0.342 e. The molecule has 5 nitrogen and oxygen atoms in total. The zero-order valence-corrected chi connectivity index (χ0v) is 13.8. The summed E-state index contributed by atoms with van der Waals surface area (Å²) in [6.07, 6.45) is 0. The molecule has 0 fully saturated rings. The van der Waals surface area contributed by atoms with Gasteiger partial charge in [0.05, 0.1) is 11.6 Å². The van der Waals surface area contributed by atoms with Crippen molar-refractivity contribution in [1.29, 1.82) is 0 Å². The van der Waals surface area contributed by atoms with Gasteiger partial charge in [0.15, 0.2) is 0 Å². The van der Waals surface area contributed by atoms with Gasteiger partial charge in [-0.15, -0.1) is 0 Å². The third-order valence-corrected chi connectivity index (χ3v) is 3.90. The fourth-order valence-electron chi connectivity index (χ4n) is 1.79. The van der Waals surface area contributed by atoms with E-state index in [1.165, 1.54) is 0 Å². The van der Waals surface area contributed by atoms with Gasteiger partial charge in [0, 0.05) is 12.5 Å². The van der Waals surface area contributed by atoms with Crippen molar-refractivity contribution in [3.8, 4) is 0 Å². The van der Waals surface area contributed by atoms with Crippen LogP contribution in [0.1, 0.15) is 17.3 Å². The van der Waals surface area contributed by atoms with Gasteiger partial charge in [-0.05, 0) is 28.9 Å². The highest BCUT2D eigenvalue weighted by atomic mass is 79.9. The van der Waals surface area contributed by atoms with Crippen LogP contribution >= 0.6 is 39.1 Å². The largest absolute Gasteiger partial charge is 0.462 e. The van der Waals surface area contributed by atoms with E-state index in [9.17, 15) is 4.79 Å². The molecule has 2 rings (SSSR count). The van der Waals surface area contributed by atoms with Crippen LogP contribution in [-0.2, 0) is 16.2 Å². The number of pyridine rings is 1. The van der Waals surface area contributed by atoms with E-state index in [1.807, 2.05) is 0 Å². The molecular formula is C12H11BrCl2N2O3. The first-order valence-electron chi connectivity index (χ1n) is 5.71. The lowest BCUT2D eigenvalue weighted by atomic mass is 10.2. The Balaban J connectivity index is 2.68. The number of carbonyl (C=O) groups excluding carboxylic acids is 1. The van der Waals surface area contributed by atoms with Crippen molar-refractivity contribution in [2.24, 2.45) is 0 Å². The zero-order chi connectivity index (χ0) is 14.9. The van der Waals surface area contributed by atoms with Gasteiger partial charge in [0.1, 0.15) is 27.7 Å². The van der Waals surface area contributed by atoms with E-state index in [-0.39, 0.29) is 23.9 Å². The summed E-state index contributed by atoms with van der Waals surface area (Å²) in [4.78, 5) is 16.2. The number of hydrogen-bond acceptors (Lipinski definition) is 4. The minimum Gasteiger partial charge on any atom is -0.462 e. The predicted octanol–water partition coefficient (Wildman–Crippen LogP) is 3.89. The van der Waals surface area contributed by atoms with Gasteiger partial charge in [0.25, 0.3) is 0 Å². The lowest BCUT2D eigenvalue weighted by Gasteiger charge is -2.09. The van der Waals surface area contributed by atoms with Gasteiger partial charge in [-0.25, -0.2) is 9.78 Å². The Morgan fingerprint density at radius 3 is 2.80 bits per heavy atom. The van der Waals surface area contributed by atoms with E-state index in [0.29, 0.717) is 20.8 Å². The van der Waals surface area contributed by atoms with Crippen molar-refractivity contribution in [1.82, 2.24) is 9.55 Å². The summed E-state index contributed by atoms with van der Waals surface area (Å²) in [5, 5.41) is 1.24. The SMILES string of the molecule is CCOC(=O)c1c(Br)nc2c(cc(Cl)n2COC)c1Cl. The summed E-state index contributed by atoms with van der Waals surface area (Å²) < 4.78 is 12.0. The Bertz CT molecular complexity index is 673. The monoisotopic (exact) mass is 380 g/mol. The Kier molecular flexibility index (Phi) is 4.90. The van der Waals surface area contributed by atoms with Crippen LogP contribution in [0, 0.1) is 0 Å². The number of hydrogen-bond donors (Lipinski definition) is 0. The molecule has 0 saturated carbocycles. The standard InChI is InChI=1S/C12H11BrCl2N2O3/c1-3-20-12(18)8-9(15)6-4-7(14)17(5-19-2)11(6)16-10(8)13/h4H,3,5H2,1-2H3. The second kappa shape index (κ2) is 6.30. The van der Waals surface area contributed by atoms with E-state index >= 15 is 0 Å². The van der Waals surface area contributed by atoms with E-state index in [2.05, 4.69) is 20.9 Å². The Hall–Kier alpha value is -0.820. The minimum atomic E-state index is -0.533. The highest BCUT2D eigenvalue weighted by molar-refractivity contribution is 9.10. The van der Waals surface area contributed by atoms with Crippen LogP contribution in [0.5, 0.6) is 0 Å². The number of ether oxygens (including phenoxy) is 2. The Labute approximate surface area is 133 Å². The van der Waals surface area contributed by atoms with Gasteiger partial charge in [-0.3, -0.25) is 4.57 Å². The number of nitrogens with zero attached hydrogens (tertiary/aromatic N) is 2. The quantitative estimate of drug-likeness (QED) is 0.595. The molecule has 0 radical (unpaired) electrons. The second-order valence-electron chi connectivity index (χ2n) is 3.86. The molecule has 0 aromatic carbocycles. The Morgan fingerprint density at radius 2 is 2.20 bits per heavy atom. The van der Waals surface area contributed by atoms with Crippen LogP contribution in [-0.4, -0.2) is 29.2 Å². The number of aromatic nitrogens is 2. The molecule has 2 aromatic rings. The number of rotatable bonds is 4. The molecule has 20 heavy (non-hydrogen) atoms. The second-order valence-corrected chi connectivity index (χ2v) is 5.38. The van der Waals surface area contributed by atoms with Crippen LogP contribution in [0.2, 0.25) is 10.2 Å². The molecule has 0 aliphatic carbocycles. The third kappa shape index (κ3) is 2.65. The molecule has 0 unspecified atom stereocenters. The molecule has 0 atom stereocenters. The molecule has 2 aromatic heterocycles. The first-order valence-corrected chi connectivity index (χ1v) is 7.25. The lowest BCUT2D eigenvalue weighted by molar-refractivity contribution is 0.0525. The van der Waals surface area contributed by atoms with Crippen LogP contribution in [0.3, 0.4) is 0 Å². The molecule has 0 bridgehead atoms. The minimum absolute atomic E-state index is 0.187. The average molecular weight is 382 g/mol. The molecule has 8 heteroatoms. The molecule has 0 N–H and O–H groups in total. The van der Waals surface area contributed by atoms with Crippen molar-refractivity contribution < 1.29 is 14.3 Å². The van der Waals surface area contributed by atoms with E-state index in [0.717, 1.165) is 0 Å². The normalized spacial score (nSPS) is 11.1. The molecule has 2 heterocycles. The molecule has 0 amide bonds. The van der Waals surface area contributed by atoms with E-state index < -0.39 is 5.97 Å². The number of esters is 1. The molecule has 0 aliphatic rings. The highest BCUT2D eigenvalue weighted by Gasteiger charge is 2.22. The zero-order valence-electron chi connectivity index (χ0n) is 10.7. The average Bonchev–Trinajstić information content (AvgIpc) is 2.68. The van der Waals surface area contributed by atoms with Crippen molar-refractivity contribution in [2.75, 3.05) is 13.7 Å². The maximum Gasteiger partial charge on any atom is 0.342 e. The van der Waals surface area contributed by atoms with Gasteiger partial charge >= 0.3 is 5.97 Å². The Morgan fingerprint density at radius 1 is 1.50 bits per heavy atom. The fourth-order valence-corrected chi connectivity index (χ4v) is 2.98. The number of carbonyl (C=O) groups is 1. The summed E-state index contributed by atoms with van der Waals surface area (Å²) in [6, 6.07) is 1.64. The maximum atomic E-state index is 11.9. The summed E-state index contributed by atoms with van der Waals surface area (Å²) in [7, 11) is 1.55. The molecule has 0 spiro atoms. The van der Waals surface area contributed by atoms with Crippen LogP contribution < -0.4 is 0 Å². The lowest BCUT2D eigenvalue weighted by Crippen LogP contribution is -2.08. The first kappa shape index (κ1) is 15.6. The van der Waals surface area contributed by atoms with E-state index in [1.54, 1.807) is 24.7 Å². The molecule has 0 saturated heterocycles. The summed E-state index contributed by atoms with van der Waals surface area (Å²) in [5.74, 6) is -0.533. The summed E-state index contributed by atoms with van der Waals surface area (Å²) >= 11 is 15.6. The molecule has 108 valence electrons. The summed E-state index contributed by atoms with van der Waals surface area (Å²) in [5.41, 5.74) is 0.717. The fraction of sp³-hybridized carbons (Fsp3) is 0.333. The van der Waals surface area contributed by atoms with Crippen molar-refractivity contribution in [2.45, 2.75) is 13.7 Å². The van der Waals surface area contributed by atoms with Crippen LogP contribution in [0.4, 0.5) is 0 Å². The number of fused-ring (bicyclic) bond motifs is 1. The van der Waals surface area contributed by atoms with Gasteiger partial charge in [-0.1, -0.05) is 23.2 Å². The molecule has 0 aliphatic heterocycles.